The molecule has 0 amide bonds. The summed E-state index contributed by atoms with van der Waals surface area (Å²) in [4.78, 5) is 1.84. The number of hydrogen-bond acceptors (Lipinski definition) is 3. The molecule has 0 aliphatic carbocycles. The van der Waals surface area contributed by atoms with Gasteiger partial charge < -0.3 is 4.90 Å². The molecule has 2 heterocycles. The predicted molar refractivity (Wildman–Crippen MR) is 90.7 cm³/mol. The molecule has 0 saturated carbocycles. The molecule has 1 aromatic rings. The fraction of sp³-hybridized carbons (Fsp3) is 0.357. The van der Waals surface area contributed by atoms with Gasteiger partial charge in [0.05, 0.1) is 27.2 Å². The van der Waals surface area contributed by atoms with Crippen LogP contribution >= 0.6 is 23.2 Å². The van der Waals surface area contributed by atoms with Gasteiger partial charge in [-0.1, -0.05) is 37.2 Å². The van der Waals surface area contributed by atoms with Crippen molar-refractivity contribution >= 4 is 39.7 Å². The largest absolute Gasteiger partial charge is 0.342 e. The third kappa shape index (κ3) is 2.96. The van der Waals surface area contributed by atoms with Crippen molar-refractivity contribution in [2.24, 2.45) is 7.05 Å². The molecule has 7 heteroatoms. The number of nitrogens with zero attached hydrogens (tertiary/aromatic N) is 3. The van der Waals surface area contributed by atoms with E-state index in [4.69, 9.17) is 23.2 Å². The Labute approximate surface area is 138 Å². The number of halogens is 2. The Morgan fingerprint density at radius 2 is 1.90 bits per heavy atom. The second kappa shape index (κ2) is 6.38. The Kier molecular flexibility index (Phi) is 5.47. The van der Waals surface area contributed by atoms with Crippen molar-refractivity contribution in [1.29, 1.82) is 0 Å². The summed E-state index contributed by atoms with van der Waals surface area (Å²) in [5.74, 6) is 0. The Hall–Kier alpha value is -1.04. The quantitative estimate of drug-likeness (QED) is 0.817. The maximum Gasteiger partial charge on any atom is 0.144 e. The van der Waals surface area contributed by atoms with Gasteiger partial charge >= 0.3 is 0 Å². The fourth-order valence-electron chi connectivity index (χ4n) is 2.19. The van der Waals surface area contributed by atoms with Crippen LogP contribution in [0.4, 0.5) is 0 Å². The zero-order chi connectivity index (χ0) is 15.2. The van der Waals surface area contributed by atoms with Crippen LogP contribution in [0, 0.1) is 0 Å². The van der Waals surface area contributed by atoms with Gasteiger partial charge in [-0.3, -0.25) is 8.89 Å². The van der Waals surface area contributed by atoms with E-state index in [1.165, 1.54) is 0 Å². The minimum Gasteiger partial charge on any atom is -0.342 e. The topological polar surface area (TPSA) is 38.1 Å². The van der Waals surface area contributed by atoms with Gasteiger partial charge in [0.25, 0.3) is 0 Å². The molecular formula is C14H19Cl2N3OS. The van der Waals surface area contributed by atoms with Crippen LogP contribution in [0.3, 0.4) is 0 Å². The molecular weight excluding hydrogens is 329 g/mol. The van der Waals surface area contributed by atoms with Crippen LogP contribution in [0.1, 0.15) is 20.0 Å². The first-order valence-electron chi connectivity index (χ1n) is 5.83. The zero-order valence-corrected chi connectivity index (χ0v) is 14.0. The summed E-state index contributed by atoms with van der Waals surface area (Å²) in [5, 5.41) is 5.88. The number of hydrogen-bond donors (Lipinski definition) is 0. The van der Waals surface area contributed by atoms with E-state index in [-0.39, 0.29) is 7.43 Å². The summed E-state index contributed by atoms with van der Waals surface area (Å²) in [6.45, 7) is 5.86. The lowest BCUT2D eigenvalue weighted by molar-refractivity contribution is 0.597. The molecule has 1 unspecified atom stereocenters. The summed E-state index contributed by atoms with van der Waals surface area (Å²) in [6, 6.07) is 0. The molecule has 1 atom stereocenters. The number of rotatable bonds is 2. The van der Waals surface area contributed by atoms with Crippen LogP contribution in [0.25, 0.3) is 5.70 Å². The number of aromatic nitrogens is 2. The SMILES string of the molecule is C.C=C1C(Cl)=CC(C)=C(c2nn(C)c(S(C)=O)c2Cl)N1C. The molecule has 21 heavy (non-hydrogen) atoms. The van der Waals surface area contributed by atoms with Crippen LogP contribution in [0.15, 0.2) is 34.0 Å². The van der Waals surface area contributed by atoms with Gasteiger partial charge in [-0.05, 0) is 18.6 Å². The van der Waals surface area contributed by atoms with E-state index in [1.807, 2.05) is 24.9 Å². The van der Waals surface area contributed by atoms with Crippen molar-refractivity contribution in [3.8, 4) is 0 Å². The van der Waals surface area contributed by atoms with Gasteiger partial charge in [0, 0.05) is 20.4 Å². The van der Waals surface area contributed by atoms with Gasteiger partial charge in [0.2, 0.25) is 0 Å². The normalized spacial score (nSPS) is 16.8. The number of aryl methyl sites for hydroxylation is 1. The van der Waals surface area contributed by atoms with E-state index in [0.29, 0.717) is 26.5 Å². The molecule has 0 bridgehead atoms. The van der Waals surface area contributed by atoms with Gasteiger partial charge in [-0.2, -0.15) is 5.10 Å². The zero-order valence-electron chi connectivity index (χ0n) is 11.7. The second-order valence-corrected chi connectivity index (χ2v) is 6.66. The van der Waals surface area contributed by atoms with Crippen molar-refractivity contribution in [3.63, 3.8) is 0 Å². The molecule has 1 aromatic heterocycles. The Bertz CT molecular complexity index is 689. The van der Waals surface area contributed by atoms with Crippen molar-refractivity contribution in [2.45, 2.75) is 19.4 Å². The van der Waals surface area contributed by atoms with E-state index in [0.717, 1.165) is 11.3 Å². The number of allylic oxidation sites excluding steroid dienone is 3. The minimum absolute atomic E-state index is 0. The first-order valence-corrected chi connectivity index (χ1v) is 8.14. The highest BCUT2D eigenvalue weighted by molar-refractivity contribution is 7.84. The molecule has 0 N–H and O–H groups in total. The average molecular weight is 348 g/mol. The maximum atomic E-state index is 11.7. The van der Waals surface area contributed by atoms with E-state index in [9.17, 15) is 4.21 Å². The first kappa shape index (κ1) is 18.0. The Morgan fingerprint density at radius 1 is 1.33 bits per heavy atom. The van der Waals surface area contributed by atoms with Crippen LogP contribution in [0.2, 0.25) is 5.02 Å². The fourth-order valence-corrected chi connectivity index (χ4v) is 3.82. The molecule has 1 aliphatic heterocycles. The van der Waals surface area contributed by atoms with Gasteiger partial charge in [0.1, 0.15) is 15.7 Å². The average Bonchev–Trinajstić information content (AvgIpc) is 2.62. The minimum atomic E-state index is -1.21. The molecule has 116 valence electrons. The van der Waals surface area contributed by atoms with Crippen LogP contribution in [-0.4, -0.2) is 32.2 Å². The van der Waals surface area contributed by atoms with Gasteiger partial charge in [-0.25, -0.2) is 0 Å². The standard InChI is InChI=1S/C13H15Cl2N3OS.CH4/c1-7-6-9(14)8(2)17(3)12(7)11-10(15)13(20(5)19)18(4)16-11;/h6H,2H2,1,3-5H3;1H4. The third-order valence-corrected chi connectivity index (χ3v) is 4.98. The van der Waals surface area contributed by atoms with E-state index in [2.05, 4.69) is 11.7 Å². The van der Waals surface area contributed by atoms with Crippen molar-refractivity contribution in [2.75, 3.05) is 13.3 Å². The molecule has 0 spiro atoms. The molecule has 0 fully saturated rings. The van der Waals surface area contributed by atoms with Crippen molar-refractivity contribution < 1.29 is 4.21 Å². The summed E-state index contributed by atoms with van der Waals surface area (Å²) in [6.07, 6.45) is 3.40. The van der Waals surface area contributed by atoms with E-state index >= 15 is 0 Å². The first-order chi connectivity index (χ1) is 9.25. The van der Waals surface area contributed by atoms with E-state index < -0.39 is 10.8 Å². The molecule has 2 rings (SSSR count). The molecule has 0 radical (unpaired) electrons. The summed E-state index contributed by atoms with van der Waals surface area (Å²) in [7, 11) is 2.37. The molecule has 1 aliphatic rings. The second-order valence-electron chi connectivity index (χ2n) is 4.58. The van der Waals surface area contributed by atoms with Crippen LogP contribution < -0.4 is 0 Å². The third-order valence-electron chi connectivity index (χ3n) is 3.17. The summed E-state index contributed by atoms with van der Waals surface area (Å²) in [5.41, 5.74) is 3.00. The van der Waals surface area contributed by atoms with Crippen LogP contribution in [0.5, 0.6) is 0 Å². The Morgan fingerprint density at radius 3 is 2.38 bits per heavy atom. The van der Waals surface area contributed by atoms with Crippen LogP contribution in [-0.2, 0) is 17.8 Å². The molecule has 4 nitrogen and oxygen atoms in total. The van der Waals surface area contributed by atoms with Crippen molar-refractivity contribution in [1.82, 2.24) is 14.7 Å². The lowest BCUT2D eigenvalue weighted by Gasteiger charge is -2.28. The monoisotopic (exact) mass is 347 g/mol. The predicted octanol–water partition coefficient (Wildman–Crippen LogP) is 3.76. The lowest BCUT2D eigenvalue weighted by Crippen LogP contribution is -2.20. The van der Waals surface area contributed by atoms with Crippen molar-refractivity contribution in [3.05, 3.63) is 39.7 Å². The summed E-state index contributed by atoms with van der Waals surface area (Å²) < 4.78 is 13.3. The highest BCUT2D eigenvalue weighted by Crippen LogP contribution is 2.38. The smallest absolute Gasteiger partial charge is 0.144 e. The Balaban J connectivity index is 0.00000220. The maximum absolute atomic E-state index is 11.7. The molecule has 0 aromatic carbocycles. The summed E-state index contributed by atoms with van der Waals surface area (Å²) >= 11 is 12.5. The van der Waals surface area contributed by atoms with Gasteiger partial charge in [0.15, 0.2) is 0 Å². The molecule has 0 saturated heterocycles. The number of likely N-dealkylation sites (N-methyl/N-ethyl adjacent to an activating group) is 1. The highest BCUT2D eigenvalue weighted by Gasteiger charge is 2.27. The van der Waals surface area contributed by atoms with E-state index in [1.54, 1.807) is 18.0 Å². The highest BCUT2D eigenvalue weighted by atomic mass is 35.5. The van der Waals surface area contributed by atoms with Gasteiger partial charge in [-0.15, -0.1) is 0 Å². The lowest BCUT2D eigenvalue weighted by atomic mass is 10.1.